The largest absolute Gasteiger partial charge is 0.493 e. The van der Waals surface area contributed by atoms with Crippen molar-refractivity contribution >= 4 is 35.3 Å². The number of ether oxygens (including phenoxy) is 2. The summed E-state index contributed by atoms with van der Waals surface area (Å²) < 4.78 is 11.0. The predicted molar refractivity (Wildman–Crippen MR) is 135 cm³/mol. The number of anilines is 2. The number of carbonyl (C=O) groups is 3. The molecule has 178 valence electrons. The number of hydrogen-bond donors (Lipinski definition) is 0. The first-order valence-corrected chi connectivity index (χ1v) is 11.2. The van der Waals surface area contributed by atoms with E-state index >= 15 is 0 Å². The predicted octanol–water partition coefficient (Wildman–Crippen LogP) is 5.29. The Morgan fingerprint density at radius 2 is 1.31 bits per heavy atom. The molecule has 3 aromatic rings. The standard InChI is InChI=1S/C28H26N2O5/c1-5-35-24-15-14-20(17-25(24)34-4)16-21-26(31)29(22-12-8-6-10-18(22)2)28(33)30(27(21)32)23-13-9-7-11-19(23)3/h6-17H,5H2,1-4H3. The molecule has 0 aromatic heterocycles. The van der Waals surface area contributed by atoms with Crippen LogP contribution in [-0.4, -0.2) is 31.6 Å². The third-order valence-corrected chi connectivity index (χ3v) is 5.76. The van der Waals surface area contributed by atoms with Gasteiger partial charge in [-0.05, 0) is 67.8 Å². The van der Waals surface area contributed by atoms with E-state index in [0.717, 1.165) is 20.9 Å². The smallest absolute Gasteiger partial charge is 0.343 e. The average molecular weight is 471 g/mol. The maximum absolute atomic E-state index is 13.6. The fourth-order valence-electron chi connectivity index (χ4n) is 4.00. The Balaban J connectivity index is 1.88. The van der Waals surface area contributed by atoms with Gasteiger partial charge in [0.2, 0.25) is 0 Å². The van der Waals surface area contributed by atoms with Crippen LogP contribution in [-0.2, 0) is 9.59 Å². The number of rotatable bonds is 6. The molecule has 0 bridgehead atoms. The number of urea groups is 1. The summed E-state index contributed by atoms with van der Waals surface area (Å²) in [5.74, 6) is -0.352. The van der Waals surface area contributed by atoms with Crippen LogP contribution in [0.1, 0.15) is 23.6 Å². The van der Waals surface area contributed by atoms with E-state index in [1.807, 2.05) is 45.0 Å². The number of benzene rings is 3. The normalized spacial score (nSPS) is 13.8. The molecular formula is C28H26N2O5. The summed E-state index contributed by atoms with van der Waals surface area (Å²) >= 11 is 0. The van der Waals surface area contributed by atoms with Crippen LogP contribution < -0.4 is 19.3 Å². The van der Waals surface area contributed by atoms with Crippen molar-refractivity contribution in [1.82, 2.24) is 0 Å². The number of nitrogens with zero attached hydrogens (tertiary/aromatic N) is 2. The van der Waals surface area contributed by atoms with Crippen LogP contribution in [0.4, 0.5) is 16.2 Å². The first-order chi connectivity index (χ1) is 16.9. The minimum atomic E-state index is -0.718. The lowest BCUT2D eigenvalue weighted by atomic mass is 10.0. The molecule has 1 saturated heterocycles. The average Bonchev–Trinajstić information content (AvgIpc) is 2.85. The van der Waals surface area contributed by atoms with E-state index in [2.05, 4.69) is 0 Å². The lowest BCUT2D eigenvalue weighted by Gasteiger charge is -2.35. The van der Waals surface area contributed by atoms with Gasteiger partial charge in [0.15, 0.2) is 11.5 Å². The van der Waals surface area contributed by atoms with E-state index in [4.69, 9.17) is 9.47 Å². The Morgan fingerprint density at radius 1 is 0.771 bits per heavy atom. The van der Waals surface area contributed by atoms with Crippen molar-refractivity contribution in [2.24, 2.45) is 0 Å². The van der Waals surface area contributed by atoms with Crippen molar-refractivity contribution in [3.05, 3.63) is 89.0 Å². The van der Waals surface area contributed by atoms with Gasteiger partial charge in [0.1, 0.15) is 5.57 Å². The maximum Gasteiger partial charge on any atom is 0.343 e. The topological polar surface area (TPSA) is 76.2 Å². The summed E-state index contributed by atoms with van der Waals surface area (Å²) in [6.07, 6.45) is 1.48. The molecule has 7 heteroatoms. The van der Waals surface area contributed by atoms with Crippen LogP contribution in [0.5, 0.6) is 11.5 Å². The molecule has 1 fully saturated rings. The van der Waals surface area contributed by atoms with Crippen LogP contribution in [0.25, 0.3) is 6.08 Å². The molecule has 0 N–H and O–H groups in total. The molecule has 1 aliphatic rings. The fourth-order valence-corrected chi connectivity index (χ4v) is 4.00. The van der Waals surface area contributed by atoms with E-state index in [1.165, 1.54) is 13.2 Å². The van der Waals surface area contributed by atoms with E-state index < -0.39 is 17.8 Å². The molecule has 0 spiro atoms. The zero-order valence-electron chi connectivity index (χ0n) is 20.1. The zero-order chi connectivity index (χ0) is 25.1. The lowest BCUT2D eigenvalue weighted by Crippen LogP contribution is -2.57. The van der Waals surface area contributed by atoms with Crippen molar-refractivity contribution in [3.63, 3.8) is 0 Å². The van der Waals surface area contributed by atoms with Gasteiger partial charge in [0.05, 0.1) is 25.1 Å². The number of carbonyl (C=O) groups excluding carboxylic acids is 3. The molecule has 7 nitrogen and oxygen atoms in total. The first kappa shape index (κ1) is 23.8. The van der Waals surface area contributed by atoms with Crippen LogP contribution in [0.15, 0.2) is 72.3 Å². The number of amides is 4. The Kier molecular flexibility index (Phi) is 6.68. The molecular weight excluding hydrogens is 444 g/mol. The molecule has 4 rings (SSSR count). The second-order valence-corrected chi connectivity index (χ2v) is 8.04. The summed E-state index contributed by atoms with van der Waals surface area (Å²) in [5, 5.41) is 0. The Labute approximate surface area is 204 Å². The molecule has 3 aromatic carbocycles. The summed E-state index contributed by atoms with van der Waals surface area (Å²) in [7, 11) is 1.52. The highest BCUT2D eigenvalue weighted by Gasteiger charge is 2.44. The monoisotopic (exact) mass is 470 g/mol. The third-order valence-electron chi connectivity index (χ3n) is 5.76. The van der Waals surface area contributed by atoms with Gasteiger partial charge in [-0.3, -0.25) is 9.59 Å². The molecule has 4 amide bonds. The van der Waals surface area contributed by atoms with Crippen molar-refractivity contribution in [3.8, 4) is 11.5 Å². The number of barbiturate groups is 1. The quantitative estimate of drug-likeness (QED) is 0.361. The highest BCUT2D eigenvalue weighted by molar-refractivity contribution is 6.46. The molecule has 35 heavy (non-hydrogen) atoms. The maximum atomic E-state index is 13.6. The van der Waals surface area contributed by atoms with Gasteiger partial charge in [-0.25, -0.2) is 14.6 Å². The van der Waals surface area contributed by atoms with Crippen molar-refractivity contribution in [2.75, 3.05) is 23.5 Å². The van der Waals surface area contributed by atoms with Gasteiger partial charge in [-0.15, -0.1) is 0 Å². The van der Waals surface area contributed by atoms with E-state index in [0.29, 0.717) is 35.0 Å². The van der Waals surface area contributed by atoms with Gasteiger partial charge in [-0.2, -0.15) is 0 Å². The number of para-hydroxylation sites is 2. The first-order valence-electron chi connectivity index (χ1n) is 11.2. The fraction of sp³-hybridized carbons (Fsp3) is 0.179. The number of methoxy groups -OCH3 is 1. The van der Waals surface area contributed by atoms with E-state index in [-0.39, 0.29) is 5.57 Å². The molecule has 0 aliphatic carbocycles. The van der Waals surface area contributed by atoms with Crippen LogP contribution in [0.3, 0.4) is 0 Å². The van der Waals surface area contributed by atoms with Gasteiger partial charge in [0, 0.05) is 0 Å². The van der Waals surface area contributed by atoms with E-state index in [9.17, 15) is 14.4 Å². The summed E-state index contributed by atoms with van der Waals surface area (Å²) in [5.41, 5.74) is 2.73. The SMILES string of the molecule is CCOc1ccc(C=C2C(=O)N(c3ccccc3C)C(=O)N(c3ccccc3C)C2=O)cc1OC. The summed E-state index contributed by atoms with van der Waals surface area (Å²) in [4.78, 5) is 43.0. The Morgan fingerprint density at radius 3 is 1.80 bits per heavy atom. The third kappa shape index (κ3) is 4.40. The van der Waals surface area contributed by atoms with Crippen LogP contribution in [0, 0.1) is 13.8 Å². The highest BCUT2D eigenvalue weighted by Crippen LogP contribution is 2.34. The number of aryl methyl sites for hydroxylation is 2. The summed E-state index contributed by atoms with van der Waals surface area (Å²) in [6.45, 7) is 5.95. The van der Waals surface area contributed by atoms with Crippen molar-refractivity contribution < 1.29 is 23.9 Å². The number of imide groups is 2. The molecule has 0 saturated carbocycles. The van der Waals surface area contributed by atoms with Crippen molar-refractivity contribution in [1.29, 1.82) is 0 Å². The second kappa shape index (κ2) is 9.85. The summed E-state index contributed by atoms with van der Waals surface area (Å²) in [6, 6.07) is 18.6. The lowest BCUT2D eigenvalue weighted by molar-refractivity contribution is -0.121. The number of hydrogen-bond acceptors (Lipinski definition) is 5. The minimum Gasteiger partial charge on any atom is -0.493 e. The van der Waals surface area contributed by atoms with Gasteiger partial charge in [-0.1, -0.05) is 42.5 Å². The molecule has 0 radical (unpaired) electrons. The van der Waals surface area contributed by atoms with Gasteiger partial charge < -0.3 is 9.47 Å². The minimum absolute atomic E-state index is 0.137. The molecule has 1 aliphatic heterocycles. The second-order valence-electron chi connectivity index (χ2n) is 8.04. The van der Waals surface area contributed by atoms with Gasteiger partial charge in [0.25, 0.3) is 11.8 Å². The molecule has 0 atom stereocenters. The highest BCUT2D eigenvalue weighted by atomic mass is 16.5. The molecule has 0 unspecified atom stereocenters. The van der Waals surface area contributed by atoms with Crippen LogP contribution in [0.2, 0.25) is 0 Å². The molecule has 1 heterocycles. The van der Waals surface area contributed by atoms with Crippen molar-refractivity contribution in [2.45, 2.75) is 20.8 Å². The Bertz CT molecular complexity index is 1280. The Hall–Kier alpha value is -4.39. The van der Waals surface area contributed by atoms with Gasteiger partial charge >= 0.3 is 6.03 Å². The zero-order valence-corrected chi connectivity index (χ0v) is 20.1. The van der Waals surface area contributed by atoms with Crippen LogP contribution >= 0.6 is 0 Å². The van der Waals surface area contributed by atoms with E-state index in [1.54, 1.807) is 42.5 Å².